The van der Waals surface area contributed by atoms with Crippen molar-refractivity contribution in [3.05, 3.63) is 23.8 Å². The van der Waals surface area contributed by atoms with Gasteiger partial charge in [0.1, 0.15) is 11.9 Å². The van der Waals surface area contributed by atoms with Crippen molar-refractivity contribution in [3.8, 4) is 5.75 Å². The number of rotatable bonds is 3. The molecule has 0 bridgehead atoms. The van der Waals surface area contributed by atoms with E-state index in [2.05, 4.69) is 0 Å². The lowest BCUT2D eigenvalue weighted by Gasteiger charge is -2.15. The summed E-state index contributed by atoms with van der Waals surface area (Å²) in [5.74, 6) is 0.818. The Hall–Kier alpha value is -1.22. The molecular weight excluding hydrogens is 164 g/mol. The van der Waals surface area contributed by atoms with Gasteiger partial charge in [-0.2, -0.15) is 0 Å². The van der Waals surface area contributed by atoms with Gasteiger partial charge in [-0.1, -0.05) is 6.07 Å². The lowest BCUT2D eigenvalue weighted by molar-refractivity contribution is 0.228. The minimum absolute atomic E-state index is 0.0282. The molecule has 1 unspecified atom stereocenters. The monoisotopic (exact) mass is 180 g/mol. The minimum Gasteiger partial charge on any atom is -0.489 e. The van der Waals surface area contributed by atoms with E-state index in [1.165, 1.54) is 0 Å². The Balaban J connectivity index is 2.83. The molecule has 0 saturated heterocycles. The van der Waals surface area contributed by atoms with Crippen molar-refractivity contribution in [2.45, 2.75) is 20.0 Å². The van der Waals surface area contributed by atoms with E-state index in [0.29, 0.717) is 6.54 Å². The van der Waals surface area contributed by atoms with Crippen LogP contribution in [0.5, 0.6) is 5.75 Å². The highest BCUT2D eigenvalue weighted by Gasteiger charge is 2.05. The minimum atomic E-state index is 0.0282. The van der Waals surface area contributed by atoms with Gasteiger partial charge in [0.15, 0.2) is 0 Å². The van der Waals surface area contributed by atoms with Crippen molar-refractivity contribution in [3.63, 3.8) is 0 Å². The molecule has 1 atom stereocenters. The summed E-state index contributed by atoms with van der Waals surface area (Å²) in [6, 6.07) is 5.63. The van der Waals surface area contributed by atoms with Crippen molar-refractivity contribution >= 4 is 5.69 Å². The number of nitrogens with two attached hydrogens (primary N) is 2. The van der Waals surface area contributed by atoms with Crippen LogP contribution in [-0.4, -0.2) is 12.6 Å². The van der Waals surface area contributed by atoms with Crippen LogP contribution in [0.3, 0.4) is 0 Å². The summed E-state index contributed by atoms with van der Waals surface area (Å²) in [4.78, 5) is 0. The number of nitrogen functional groups attached to an aromatic ring is 1. The maximum Gasteiger partial charge on any atom is 0.124 e. The third-order valence-electron chi connectivity index (χ3n) is 1.99. The van der Waals surface area contributed by atoms with Gasteiger partial charge in [0.25, 0.3) is 0 Å². The average molecular weight is 180 g/mol. The second kappa shape index (κ2) is 4.14. The molecule has 13 heavy (non-hydrogen) atoms. The molecule has 0 amide bonds. The first-order valence-corrected chi connectivity index (χ1v) is 4.37. The Labute approximate surface area is 78.7 Å². The van der Waals surface area contributed by atoms with Crippen LogP contribution >= 0.6 is 0 Å². The lowest BCUT2D eigenvalue weighted by Crippen LogP contribution is -2.23. The highest BCUT2D eigenvalue weighted by Crippen LogP contribution is 2.23. The SMILES string of the molecule is Cc1c(N)cccc1OC(C)CN. The molecule has 1 aromatic rings. The van der Waals surface area contributed by atoms with Gasteiger partial charge in [-0.05, 0) is 26.0 Å². The van der Waals surface area contributed by atoms with Crippen molar-refractivity contribution < 1.29 is 4.74 Å². The van der Waals surface area contributed by atoms with Crippen LogP contribution in [-0.2, 0) is 0 Å². The zero-order valence-electron chi connectivity index (χ0n) is 8.08. The Bertz CT molecular complexity index is 286. The summed E-state index contributed by atoms with van der Waals surface area (Å²) in [5, 5.41) is 0. The molecule has 0 fully saturated rings. The molecule has 0 heterocycles. The zero-order valence-corrected chi connectivity index (χ0v) is 8.08. The van der Waals surface area contributed by atoms with Gasteiger partial charge >= 0.3 is 0 Å². The summed E-state index contributed by atoms with van der Waals surface area (Å²) in [6.07, 6.45) is 0.0282. The summed E-state index contributed by atoms with van der Waals surface area (Å²) in [5.41, 5.74) is 12.9. The average Bonchev–Trinajstić information content (AvgIpc) is 2.13. The predicted molar refractivity (Wildman–Crippen MR) is 54.7 cm³/mol. The number of hydrogen-bond donors (Lipinski definition) is 2. The van der Waals surface area contributed by atoms with E-state index in [0.717, 1.165) is 17.0 Å². The normalized spacial score (nSPS) is 12.5. The van der Waals surface area contributed by atoms with E-state index in [1.54, 1.807) is 0 Å². The number of anilines is 1. The van der Waals surface area contributed by atoms with E-state index >= 15 is 0 Å². The van der Waals surface area contributed by atoms with Gasteiger partial charge in [-0.25, -0.2) is 0 Å². The molecule has 1 rings (SSSR count). The van der Waals surface area contributed by atoms with Gasteiger partial charge in [0, 0.05) is 17.8 Å². The van der Waals surface area contributed by atoms with Crippen molar-refractivity contribution in [2.24, 2.45) is 5.73 Å². The quantitative estimate of drug-likeness (QED) is 0.689. The molecule has 3 heteroatoms. The summed E-state index contributed by atoms with van der Waals surface area (Å²) in [6.45, 7) is 4.38. The van der Waals surface area contributed by atoms with Gasteiger partial charge in [-0.3, -0.25) is 0 Å². The largest absolute Gasteiger partial charge is 0.489 e. The van der Waals surface area contributed by atoms with Crippen molar-refractivity contribution in [1.29, 1.82) is 0 Å². The fourth-order valence-electron chi connectivity index (χ4n) is 1.02. The third kappa shape index (κ3) is 2.36. The number of ether oxygens (including phenoxy) is 1. The molecule has 4 N–H and O–H groups in total. The lowest BCUT2D eigenvalue weighted by atomic mass is 10.2. The van der Waals surface area contributed by atoms with E-state index in [4.69, 9.17) is 16.2 Å². The molecule has 0 aliphatic rings. The molecule has 0 saturated carbocycles. The molecule has 72 valence electrons. The molecule has 0 radical (unpaired) electrons. The van der Waals surface area contributed by atoms with Crippen molar-refractivity contribution in [1.82, 2.24) is 0 Å². The smallest absolute Gasteiger partial charge is 0.124 e. The molecule has 0 aromatic heterocycles. The predicted octanol–water partition coefficient (Wildman–Crippen LogP) is 1.30. The third-order valence-corrected chi connectivity index (χ3v) is 1.99. The topological polar surface area (TPSA) is 61.3 Å². The molecule has 1 aromatic carbocycles. The molecule has 0 aliphatic carbocycles. The van der Waals surface area contributed by atoms with Crippen LogP contribution in [0.1, 0.15) is 12.5 Å². The van der Waals surface area contributed by atoms with E-state index < -0.39 is 0 Å². The van der Waals surface area contributed by atoms with Crippen LogP contribution in [0.4, 0.5) is 5.69 Å². The van der Waals surface area contributed by atoms with E-state index in [9.17, 15) is 0 Å². The Morgan fingerprint density at radius 2 is 2.15 bits per heavy atom. The second-order valence-electron chi connectivity index (χ2n) is 3.13. The van der Waals surface area contributed by atoms with E-state index in [1.807, 2.05) is 32.0 Å². The van der Waals surface area contributed by atoms with Gasteiger partial charge < -0.3 is 16.2 Å². The fraction of sp³-hybridized carbons (Fsp3) is 0.400. The summed E-state index contributed by atoms with van der Waals surface area (Å²) < 4.78 is 5.57. The van der Waals surface area contributed by atoms with Crippen LogP contribution < -0.4 is 16.2 Å². The number of benzene rings is 1. The number of hydrogen-bond acceptors (Lipinski definition) is 3. The maximum absolute atomic E-state index is 5.73. The molecule has 3 nitrogen and oxygen atoms in total. The zero-order chi connectivity index (χ0) is 9.84. The second-order valence-corrected chi connectivity index (χ2v) is 3.13. The van der Waals surface area contributed by atoms with Crippen molar-refractivity contribution in [2.75, 3.05) is 12.3 Å². The Morgan fingerprint density at radius 3 is 2.77 bits per heavy atom. The first-order chi connectivity index (χ1) is 6.15. The molecular formula is C10H16N2O. The van der Waals surface area contributed by atoms with Crippen LogP contribution in [0, 0.1) is 6.92 Å². The van der Waals surface area contributed by atoms with Crippen LogP contribution in [0.15, 0.2) is 18.2 Å². The first-order valence-electron chi connectivity index (χ1n) is 4.37. The molecule has 0 spiro atoms. The summed E-state index contributed by atoms with van der Waals surface area (Å²) >= 11 is 0. The van der Waals surface area contributed by atoms with Crippen LogP contribution in [0.2, 0.25) is 0 Å². The highest BCUT2D eigenvalue weighted by atomic mass is 16.5. The fourth-order valence-corrected chi connectivity index (χ4v) is 1.02. The van der Waals surface area contributed by atoms with Gasteiger partial charge in [0.05, 0.1) is 0 Å². The summed E-state index contributed by atoms with van der Waals surface area (Å²) in [7, 11) is 0. The van der Waals surface area contributed by atoms with E-state index in [-0.39, 0.29) is 6.10 Å². The van der Waals surface area contributed by atoms with Crippen LogP contribution in [0.25, 0.3) is 0 Å². The maximum atomic E-state index is 5.73. The standard InChI is InChI=1S/C10H16N2O/c1-7(6-11)13-10-5-3-4-9(12)8(10)2/h3-5,7H,6,11-12H2,1-2H3. The molecule has 0 aliphatic heterocycles. The first kappa shape index (κ1) is 9.86. The highest BCUT2D eigenvalue weighted by molar-refractivity contribution is 5.53. The van der Waals surface area contributed by atoms with Gasteiger partial charge in [-0.15, -0.1) is 0 Å². The Kier molecular flexibility index (Phi) is 3.14. The van der Waals surface area contributed by atoms with Gasteiger partial charge in [0.2, 0.25) is 0 Å². The Morgan fingerprint density at radius 1 is 1.46 bits per heavy atom.